The molecule has 1 aromatic heterocycles. The fourth-order valence-electron chi connectivity index (χ4n) is 2.79. The van der Waals surface area contributed by atoms with Crippen molar-refractivity contribution in [2.45, 2.75) is 24.5 Å². The molecule has 0 bridgehead atoms. The molecule has 0 aliphatic carbocycles. The lowest BCUT2D eigenvalue weighted by molar-refractivity contribution is 0.0992. The molecule has 2 aromatic carbocycles. The van der Waals surface area contributed by atoms with Crippen molar-refractivity contribution in [2.75, 3.05) is 19.0 Å². The molecule has 8 nitrogen and oxygen atoms in total. The zero-order valence-electron chi connectivity index (χ0n) is 17.5. The predicted molar refractivity (Wildman–Crippen MR) is 115 cm³/mol. The molecule has 170 valence electrons. The van der Waals surface area contributed by atoms with E-state index in [4.69, 9.17) is 13.9 Å². The number of carbonyl (C=O) groups excluding carboxylic acids is 1. The Morgan fingerprint density at radius 2 is 1.75 bits per heavy atom. The summed E-state index contributed by atoms with van der Waals surface area (Å²) in [7, 11) is -2.21. The van der Waals surface area contributed by atoms with Gasteiger partial charge in [-0.15, -0.1) is 0 Å². The van der Waals surface area contributed by atoms with Crippen LogP contribution < -0.4 is 14.8 Å². The predicted octanol–water partition coefficient (Wildman–Crippen LogP) is 3.56. The van der Waals surface area contributed by atoms with Crippen molar-refractivity contribution in [3.8, 4) is 5.75 Å². The number of furan rings is 1. The minimum atomic E-state index is -3.70. The molecule has 3 aromatic rings. The second-order valence-electron chi connectivity index (χ2n) is 6.96. The van der Waals surface area contributed by atoms with Gasteiger partial charge in [0.1, 0.15) is 23.9 Å². The molecule has 0 aliphatic rings. The van der Waals surface area contributed by atoms with E-state index in [1.807, 2.05) is 0 Å². The lowest BCUT2D eigenvalue weighted by Gasteiger charge is -2.13. The van der Waals surface area contributed by atoms with Gasteiger partial charge >= 0.3 is 0 Å². The number of hydrogen-bond acceptors (Lipinski definition) is 6. The number of nitrogens with one attached hydrogen (secondary N) is 2. The van der Waals surface area contributed by atoms with Gasteiger partial charge in [0.05, 0.1) is 11.5 Å². The van der Waals surface area contributed by atoms with Crippen molar-refractivity contribution in [2.24, 2.45) is 0 Å². The summed E-state index contributed by atoms with van der Waals surface area (Å²) in [5.41, 5.74) is 0.402. The van der Waals surface area contributed by atoms with Gasteiger partial charge < -0.3 is 19.2 Å². The number of amides is 1. The van der Waals surface area contributed by atoms with E-state index in [1.165, 1.54) is 61.7 Å². The number of sulfonamides is 1. The van der Waals surface area contributed by atoms with E-state index in [9.17, 15) is 17.6 Å². The Morgan fingerprint density at radius 3 is 2.41 bits per heavy atom. The molecule has 1 atom stereocenters. The first-order valence-corrected chi connectivity index (χ1v) is 11.1. The summed E-state index contributed by atoms with van der Waals surface area (Å²) in [4.78, 5) is 12.5. The Balaban J connectivity index is 1.57. The summed E-state index contributed by atoms with van der Waals surface area (Å²) in [6, 6.07) is 14.0. The van der Waals surface area contributed by atoms with E-state index in [-0.39, 0.29) is 35.7 Å². The zero-order chi connectivity index (χ0) is 23.1. The Labute approximate surface area is 185 Å². The molecule has 2 N–H and O–H groups in total. The van der Waals surface area contributed by atoms with Gasteiger partial charge in [-0.3, -0.25) is 4.79 Å². The molecule has 32 heavy (non-hydrogen) atoms. The largest absolute Gasteiger partial charge is 0.486 e. The highest BCUT2D eigenvalue weighted by Crippen LogP contribution is 2.18. The summed E-state index contributed by atoms with van der Waals surface area (Å²) in [6.45, 7) is 2.01. The van der Waals surface area contributed by atoms with Gasteiger partial charge in [-0.2, -0.15) is 0 Å². The summed E-state index contributed by atoms with van der Waals surface area (Å²) in [6.07, 6.45) is 0. The van der Waals surface area contributed by atoms with Crippen molar-refractivity contribution in [1.29, 1.82) is 0 Å². The minimum Gasteiger partial charge on any atom is -0.486 e. The van der Waals surface area contributed by atoms with Crippen molar-refractivity contribution in [3.63, 3.8) is 0 Å². The third-order valence-electron chi connectivity index (χ3n) is 4.28. The lowest BCUT2D eigenvalue weighted by atomic mass is 10.3. The van der Waals surface area contributed by atoms with Crippen LogP contribution in [0.1, 0.15) is 23.2 Å². The molecule has 0 saturated heterocycles. The van der Waals surface area contributed by atoms with Crippen LogP contribution in [-0.2, 0) is 21.4 Å². The molecular formula is C22H23FN2O6S. The third-order valence-corrected chi connectivity index (χ3v) is 5.88. The molecule has 1 amide bonds. The van der Waals surface area contributed by atoms with Crippen LogP contribution in [0.5, 0.6) is 5.75 Å². The Bertz CT molecular complexity index is 1140. The molecule has 10 heteroatoms. The van der Waals surface area contributed by atoms with Gasteiger partial charge in [0, 0.05) is 18.8 Å². The standard InChI is InChI=1S/C22H23FN2O6S/c1-15(13-29-2)25-32(27,28)20-10-5-17(6-11-20)24-22(26)21-12-9-19(31-21)14-30-18-7-3-16(23)4-8-18/h3-12,15,25H,13-14H2,1-2H3,(H,24,26). The van der Waals surface area contributed by atoms with Gasteiger partial charge in [0.15, 0.2) is 5.76 Å². The zero-order valence-corrected chi connectivity index (χ0v) is 18.3. The molecule has 3 rings (SSSR count). The maximum Gasteiger partial charge on any atom is 0.291 e. The number of anilines is 1. The molecule has 0 spiro atoms. The highest BCUT2D eigenvalue weighted by Gasteiger charge is 2.18. The second-order valence-corrected chi connectivity index (χ2v) is 8.68. The van der Waals surface area contributed by atoms with E-state index >= 15 is 0 Å². The monoisotopic (exact) mass is 462 g/mol. The number of halogens is 1. The van der Waals surface area contributed by atoms with Crippen LogP contribution in [0.4, 0.5) is 10.1 Å². The van der Waals surface area contributed by atoms with Crippen LogP contribution in [0.3, 0.4) is 0 Å². The topological polar surface area (TPSA) is 107 Å². The maximum absolute atomic E-state index is 12.9. The fourth-order valence-corrected chi connectivity index (χ4v) is 4.02. The minimum absolute atomic E-state index is 0.0643. The van der Waals surface area contributed by atoms with Crippen LogP contribution in [0, 0.1) is 5.82 Å². The molecule has 0 saturated carbocycles. The lowest BCUT2D eigenvalue weighted by Crippen LogP contribution is -2.35. The SMILES string of the molecule is COCC(C)NS(=O)(=O)c1ccc(NC(=O)c2ccc(COc3ccc(F)cc3)o2)cc1. The summed E-state index contributed by atoms with van der Waals surface area (Å²) in [5, 5.41) is 2.64. The molecule has 1 heterocycles. The van der Waals surface area contributed by atoms with Gasteiger partial charge in [0.2, 0.25) is 10.0 Å². The number of hydrogen-bond donors (Lipinski definition) is 2. The highest BCUT2D eigenvalue weighted by molar-refractivity contribution is 7.89. The number of carbonyl (C=O) groups is 1. The number of ether oxygens (including phenoxy) is 2. The van der Waals surface area contributed by atoms with Crippen LogP contribution >= 0.6 is 0 Å². The average Bonchev–Trinajstić information content (AvgIpc) is 3.23. The van der Waals surface area contributed by atoms with Gasteiger partial charge in [-0.05, 0) is 67.6 Å². The van der Waals surface area contributed by atoms with Crippen LogP contribution in [-0.4, -0.2) is 34.1 Å². The normalized spacial score (nSPS) is 12.3. The van der Waals surface area contributed by atoms with E-state index in [0.717, 1.165) is 0 Å². The van der Waals surface area contributed by atoms with Crippen LogP contribution in [0.2, 0.25) is 0 Å². The molecule has 0 fully saturated rings. The van der Waals surface area contributed by atoms with Crippen LogP contribution in [0.25, 0.3) is 0 Å². The highest BCUT2D eigenvalue weighted by atomic mass is 32.2. The van der Waals surface area contributed by atoms with Gasteiger partial charge in [-0.25, -0.2) is 17.5 Å². The number of rotatable bonds is 10. The average molecular weight is 462 g/mol. The molecular weight excluding hydrogens is 439 g/mol. The van der Waals surface area contributed by atoms with Crippen molar-refractivity contribution in [1.82, 2.24) is 4.72 Å². The Morgan fingerprint density at radius 1 is 1.06 bits per heavy atom. The number of methoxy groups -OCH3 is 1. The summed E-state index contributed by atoms with van der Waals surface area (Å²) < 4.78 is 56.0. The van der Waals surface area contributed by atoms with Crippen LogP contribution in [0.15, 0.2) is 70.0 Å². The van der Waals surface area contributed by atoms with Crippen molar-refractivity contribution >= 4 is 21.6 Å². The Kier molecular flexibility index (Phi) is 7.62. The van der Waals surface area contributed by atoms with E-state index in [1.54, 1.807) is 13.0 Å². The third kappa shape index (κ3) is 6.39. The maximum atomic E-state index is 12.9. The first-order chi connectivity index (χ1) is 15.3. The quantitative estimate of drug-likeness (QED) is 0.477. The fraction of sp³-hybridized carbons (Fsp3) is 0.227. The number of benzene rings is 2. The summed E-state index contributed by atoms with van der Waals surface area (Å²) in [5.74, 6) is 0.0823. The van der Waals surface area contributed by atoms with E-state index < -0.39 is 15.9 Å². The molecule has 0 radical (unpaired) electrons. The first-order valence-electron chi connectivity index (χ1n) is 9.66. The van der Waals surface area contributed by atoms with Crippen molar-refractivity contribution in [3.05, 3.63) is 78.0 Å². The molecule has 0 aliphatic heterocycles. The molecule has 1 unspecified atom stereocenters. The Hall–Kier alpha value is -3.21. The van der Waals surface area contributed by atoms with E-state index in [0.29, 0.717) is 17.2 Å². The van der Waals surface area contributed by atoms with Gasteiger partial charge in [0.25, 0.3) is 5.91 Å². The summed E-state index contributed by atoms with van der Waals surface area (Å²) >= 11 is 0. The smallest absolute Gasteiger partial charge is 0.291 e. The second kappa shape index (κ2) is 10.4. The van der Waals surface area contributed by atoms with E-state index in [2.05, 4.69) is 10.0 Å². The first kappa shape index (κ1) is 23.5. The van der Waals surface area contributed by atoms with Crippen molar-refractivity contribution < 1.29 is 31.5 Å². The van der Waals surface area contributed by atoms with Gasteiger partial charge in [-0.1, -0.05) is 0 Å².